The molecule has 1 fully saturated rings. The molecule has 0 aliphatic carbocycles. The average Bonchev–Trinajstić information content (AvgIpc) is 2.52. The van der Waals surface area contributed by atoms with Gasteiger partial charge in [0.05, 0.1) is 0 Å². The number of aromatic nitrogens is 1. The Hall–Kier alpha value is -1.58. The van der Waals surface area contributed by atoms with E-state index in [1.807, 2.05) is 25.2 Å². The molecule has 1 aliphatic rings. The number of amides is 1. The molecule has 1 aliphatic heterocycles. The molecule has 1 aromatic rings. The fraction of sp³-hybridized carbons (Fsp3) is 0.400. The van der Waals surface area contributed by atoms with E-state index in [2.05, 4.69) is 10.3 Å². The number of hydrogen-bond acceptors (Lipinski definition) is 3. The molecule has 1 saturated heterocycles. The van der Waals surface area contributed by atoms with Crippen LogP contribution in [0.5, 0.6) is 0 Å². The second-order valence-electron chi connectivity index (χ2n) is 3.46. The number of hydrogen-bond donors (Lipinski definition) is 1. The van der Waals surface area contributed by atoms with Crippen LogP contribution in [0, 0.1) is 0 Å². The summed E-state index contributed by atoms with van der Waals surface area (Å²) in [7, 11) is 1.82. The van der Waals surface area contributed by atoms with Gasteiger partial charge >= 0.3 is 0 Å². The lowest BCUT2D eigenvalue weighted by Gasteiger charge is -2.12. The van der Waals surface area contributed by atoms with Crippen LogP contribution < -0.4 is 5.32 Å². The van der Waals surface area contributed by atoms with Gasteiger partial charge in [-0.25, -0.2) is 4.98 Å². The van der Waals surface area contributed by atoms with E-state index in [0.717, 1.165) is 18.8 Å². The molecule has 0 saturated carbocycles. The lowest BCUT2D eigenvalue weighted by Crippen LogP contribution is -2.31. The smallest absolute Gasteiger partial charge is 0.244 e. The normalized spacial score (nSPS) is 21.4. The highest BCUT2D eigenvalue weighted by molar-refractivity contribution is 5.86. The summed E-state index contributed by atoms with van der Waals surface area (Å²) < 4.78 is 0. The molecular formula is C10H13N3O. The average molecular weight is 191 g/mol. The summed E-state index contributed by atoms with van der Waals surface area (Å²) in [6.45, 7) is 0.823. The van der Waals surface area contributed by atoms with Gasteiger partial charge in [0.1, 0.15) is 11.9 Å². The maximum atomic E-state index is 11.5. The first kappa shape index (κ1) is 8.99. The molecule has 74 valence electrons. The van der Waals surface area contributed by atoms with E-state index < -0.39 is 0 Å². The Morgan fingerprint density at radius 2 is 2.43 bits per heavy atom. The van der Waals surface area contributed by atoms with E-state index in [4.69, 9.17) is 0 Å². The number of carbonyl (C=O) groups is 1. The first-order valence-electron chi connectivity index (χ1n) is 4.70. The lowest BCUT2D eigenvalue weighted by atomic mass is 10.2. The predicted octanol–water partition coefficient (Wildman–Crippen LogP) is 0.724. The molecule has 1 N–H and O–H groups in total. The molecule has 1 aromatic heterocycles. The van der Waals surface area contributed by atoms with Crippen molar-refractivity contribution in [1.82, 2.24) is 9.88 Å². The molecule has 1 unspecified atom stereocenters. The first-order valence-corrected chi connectivity index (χ1v) is 4.70. The third-order valence-corrected chi connectivity index (χ3v) is 2.41. The quantitative estimate of drug-likeness (QED) is 0.749. The maximum absolute atomic E-state index is 11.5. The van der Waals surface area contributed by atoms with Gasteiger partial charge < -0.3 is 10.2 Å². The van der Waals surface area contributed by atoms with Crippen molar-refractivity contribution < 1.29 is 4.79 Å². The van der Waals surface area contributed by atoms with Crippen molar-refractivity contribution in [2.45, 2.75) is 12.5 Å². The summed E-state index contributed by atoms with van der Waals surface area (Å²) in [6, 6.07) is 5.52. The minimum atomic E-state index is -0.102. The monoisotopic (exact) mass is 191 g/mol. The van der Waals surface area contributed by atoms with Crippen molar-refractivity contribution in [2.75, 3.05) is 18.9 Å². The molecule has 2 rings (SSSR count). The predicted molar refractivity (Wildman–Crippen MR) is 53.9 cm³/mol. The standard InChI is InChI=1S/C10H13N3O/c1-13-7-5-8(10(13)14)12-9-4-2-3-6-11-9/h2-4,6,8H,5,7H2,1H3,(H,11,12). The lowest BCUT2D eigenvalue weighted by molar-refractivity contribution is -0.127. The molecular weight excluding hydrogens is 178 g/mol. The topological polar surface area (TPSA) is 45.2 Å². The fourth-order valence-corrected chi connectivity index (χ4v) is 1.58. The van der Waals surface area contributed by atoms with Crippen molar-refractivity contribution in [1.29, 1.82) is 0 Å². The maximum Gasteiger partial charge on any atom is 0.244 e. The first-order chi connectivity index (χ1) is 6.77. The third-order valence-electron chi connectivity index (χ3n) is 2.41. The number of nitrogens with one attached hydrogen (secondary N) is 1. The molecule has 0 bridgehead atoms. The molecule has 0 spiro atoms. The Morgan fingerprint density at radius 3 is 3.00 bits per heavy atom. The van der Waals surface area contributed by atoms with Crippen LogP contribution in [-0.2, 0) is 4.79 Å². The van der Waals surface area contributed by atoms with Gasteiger partial charge in [0, 0.05) is 19.8 Å². The summed E-state index contributed by atoms with van der Waals surface area (Å²) in [4.78, 5) is 17.4. The molecule has 4 heteroatoms. The number of likely N-dealkylation sites (tertiary alicyclic amines) is 1. The van der Waals surface area contributed by atoms with Crippen LogP contribution in [-0.4, -0.2) is 35.4 Å². The SMILES string of the molecule is CN1CCC(Nc2ccccn2)C1=O. The van der Waals surface area contributed by atoms with Gasteiger partial charge in [-0.15, -0.1) is 0 Å². The number of anilines is 1. The highest BCUT2D eigenvalue weighted by Gasteiger charge is 2.28. The van der Waals surface area contributed by atoms with Gasteiger partial charge in [-0.1, -0.05) is 6.07 Å². The number of pyridine rings is 1. The Bertz CT molecular complexity index is 325. The van der Waals surface area contributed by atoms with Crippen LogP contribution in [0.15, 0.2) is 24.4 Å². The van der Waals surface area contributed by atoms with E-state index in [0.29, 0.717) is 0 Å². The van der Waals surface area contributed by atoms with Gasteiger partial charge in [0.25, 0.3) is 0 Å². The summed E-state index contributed by atoms with van der Waals surface area (Å²) >= 11 is 0. The Labute approximate surface area is 82.9 Å². The second-order valence-corrected chi connectivity index (χ2v) is 3.46. The van der Waals surface area contributed by atoms with Gasteiger partial charge in [-0.05, 0) is 18.6 Å². The summed E-state index contributed by atoms with van der Waals surface area (Å²) in [6.07, 6.45) is 2.57. The van der Waals surface area contributed by atoms with Crippen molar-refractivity contribution >= 4 is 11.7 Å². The van der Waals surface area contributed by atoms with Gasteiger partial charge in [-0.3, -0.25) is 4.79 Å². The zero-order valence-electron chi connectivity index (χ0n) is 8.10. The summed E-state index contributed by atoms with van der Waals surface area (Å²) in [5.74, 6) is 0.914. The summed E-state index contributed by atoms with van der Waals surface area (Å²) in [5, 5.41) is 3.12. The molecule has 14 heavy (non-hydrogen) atoms. The van der Waals surface area contributed by atoms with Crippen molar-refractivity contribution in [3.63, 3.8) is 0 Å². The highest BCUT2D eigenvalue weighted by atomic mass is 16.2. The molecule has 2 heterocycles. The van der Waals surface area contributed by atoms with E-state index in [1.165, 1.54) is 0 Å². The van der Waals surface area contributed by atoms with Crippen LogP contribution >= 0.6 is 0 Å². The molecule has 0 aromatic carbocycles. The highest BCUT2D eigenvalue weighted by Crippen LogP contribution is 2.13. The van der Waals surface area contributed by atoms with Crippen LogP contribution in [0.1, 0.15) is 6.42 Å². The molecule has 1 atom stereocenters. The van der Waals surface area contributed by atoms with Gasteiger partial charge in [0.2, 0.25) is 5.91 Å². The van der Waals surface area contributed by atoms with E-state index in [9.17, 15) is 4.79 Å². The van der Waals surface area contributed by atoms with Gasteiger partial charge in [0.15, 0.2) is 0 Å². The van der Waals surface area contributed by atoms with Crippen molar-refractivity contribution in [3.05, 3.63) is 24.4 Å². The fourth-order valence-electron chi connectivity index (χ4n) is 1.58. The minimum absolute atomic E-state index is 0.102. The number of carbonyl (C=O) groups excluding carboxylic acids is 1. The Kier molecular flexibility index (Phi) is 2.35. The number of likely N-dealkylation sites (N-methyl/N-ethyl adjacent to an activating group) is 1. The van der Waals surface area contributed by atoms with E-state index in [-0.39, 0.29) is 11.9 Å². The van der Waals surface area contributed by atoms with Crippen molar-refractivity contribution in [2.24, 2.45) is 0 Å². The Balaban J connectivity index is 2.02. The number of nitrogens with zero attached hydrogens (tertiary/aromatic N) is 2. The third kappa shape index (κ3) is 1.69. The molecule has 1 amide bonds. The summed E-state index contributed by atoms with van der Waals surface area (Å²) in [5.41, 5.74) is 0. The zero-order chi connectivity index (χ0) is 9.97. The van der Waals surface area contributed by atoms with E-state index >= 15 is 0 Å². The zero-order valence-corrected chi connectivity index (χ0v) is 8.10. The minimum Gasteiger partial charge on any atom is -0.358 e. The van der Waals surface area contributed by atoms with Crippen LogP contribution in [0.3, 0.4) is 0 Å². The van der Waals surface area contributed by atoms with Crippen LogP contribution in [0.2, 0.25) is 0 Å². The molecule has 4 nitrogen and oxygen atoms in total. The van der Waals surface area contributed by atoms with Crippen molar-refractivity contribution in [3.8, 4) is 0 Å². The van der Waals surface area contributed by atoms with E-state index in [1.54, 1.807) is 11.1 Å². The van der Waals surface area contributed by atoms with Gasteiger partial charge in [-0.2, -0.15) is 0 Å². The Morgan fingerprint density at radius 1 is 1.57 bits per heavy atom. The largest absolute Gasteiger partial charge is 0.358 e. The van der Waals surface area contributed by atoms with Crippen LogP contribution in [0.4, 0.5) is 5.82 Å². The number of rotatable bonds is 2. The second kappa shape index (κ2) is 3.65. The molecule has 0 radical (unpaired) electrons. The van der Waals surface area contributed by atoms with Crippen LogP contribution in [0.25, 0.3) is 0 Å².